The minimum absolute atomic E-state index is 0.117. The number of non-ortho nitro benzene ring substituents is 1. The number of nitro benzene ring substituents is 1. The lowest BCUT2D eigenvalue weighted by atomic mass is 10.1. The van der Waals surface area contributed by atoms with Crippen LogP contribution in [0, 0.1) is 16.0 Å². The predicted molar refractivity (Wildman–Crippen MR) is 70.5 cm³/mol. The van der Waals surface area contributed by atoms with E-state index in [0.717, 1.165) is 31.6 Å². The molecule has 7 heteroatoms. The highest BCUT2D eigenvalue weighted by Gasteiger charge is 2.21. The van der Waals surface area contributed by atoms with Gasteiger partial charge in [0.15, 0.2) is 0 Å². The van der Waals surface area contributed by atoms with Crippen LogP contribution >= 0.6 is 0 Å². The Hall–Kier alpha value is -2.11. The van der Waals surface area contributed by atoms with E-state index in [4.69, 9.17) is 5.53 Å². The van der Waals surface area contributed by atoms with Crippen LogP contribution in [-0.2, 0) is 6.54 Å². The van der Waals surface area contributed by atoms with Gasteiger partial charge in [-0.15, -0.1) is 0 Å². The fraction of sp³-hybridized carbons (Fsp3) is 0.500. The van der Waals surface area contributed by atoms with Gasteiger partial charge in [0, 0.05) is 36.7 Å². The van der Waals surface area contributed by atoms with E-state index in [1.165, 1.54) is 12.1 Å². The molecule has 100 valence electrons. The highest BCUT2D eigenvalue weighted by molar-refractivity contribution is 5.32. The summed E-state index contributed by atoms with van der Waals surface area (Å²) in [6.45, 7) is 3.22. The summed E-state index contributed by atoms with van der Waals surface area (Å²) in [6, 6.07) is 6.64. The molecule has 0 spiro atoms. The summed E-state index contributed by atoms with van der Waals surface area (Å²) in [5.74, 6) is 0.425. The first-order chi connectivity index (χ1) is 9.19. The van der Waals surface area contributed by atoms with Crippen molar-refractivity contribution in [2.75, 3.05) is 19.6 Å². The van der Waals surface area contributed by atoms with Gasteiger partial charge in [0.05, 0.1) is 4.92 Å². The largest absolute Gasteiger partial charge is 0.299 e. The van der Waals surface area contributed by atoms with Gasteiger partial charge >= 0.3 is 0 Å². The zero-order valence-corrected chi connectivity index (χ0v) is 10.5. The van der Waals surface area contributed by atoms with Crippen LogP contribution < -0.4 is 0 Å². The fourth-order valence-electron chi connectivity index (χ4n) is 2.34. The molecule has 0 radical (unpaired) electrons. The second-order valence-electron chi connectivity index (χ2n) is 4.73. The molecule has 1 unspecified atom stereocenters. The van der Waals surface area contributed by atoms with E-state index in [1.807, 2.05) is 0 Å². The molecular formula is C12H15N5O2. The Labute approximate surface area is 110 Å². The molecule has 1 aliphatic rings. The molecule has 0 amide bonds. The van der Waals surface area contributed by atoms with Gasteiger partial charge < -0.3 is 0 Å². The lowest BCUT2D eigenvalue weighted by molar-refractivity contribution is -0.384. The van der Waals surface area contributed by atoms with Crippen molar-refractivity contribution in [1.29, 1.82) is 0 Å². The van der Waals surface area contributed by atoms with Gasteiger partial charge in [-0.3, -0.25) is 15.0 Å². The van der Waals surface area contributed by atoms with E-state index in [1.54, 1.807) is 12.1 Å². The number of benzene rings is 1. The van der Waals surface area contributed by atoms with Gasteiger partial charge in [-0.1, -0.05) is 17.2 Å². The molecule has 0 bridgehead atoms. The van der Waals surface area contributed by atoms with Crippen molar-refractivity contribution >= 4 is 5.69 Å². The molecule has 1 fully saturated rings. The number of azide groups is 1. The highest BCUT2D eigenvalue weighted by atomic mass is 16.6. The average Bonchev–Trinajstić information content (AvgIpc) is 2.84. The molecule has 1 saturated heterocycles. The van der Waals surface area contributed by atoms with Crippen molar-refractivity contribution in [1.82, 2.24) is 4.90 Å². The van der Waals surface area contributed by atoms with Crippen LogP contribution in [0.1, 0.15) is 12.0 Å². The number of nitrogens with zero attached hydrogens (tertiary/aromatic N) is 5. The summed E-state index contributed by atoms with van der Waals surface area (Å²) in [6.07, 6.45) is 1.03. The zero-order valence-electron chi connectivity index (χ0n) is 10.5. The van der Waals surface area contributed by atoms with Crippen LogP contribution in [-0.4, -0.2) is 29.5 Å². The molecule has 2 rings (SSSR count). The van der Waals surface area contributed by atoms with Crippen LogP contribution in [0.15, 0.2) is 29.4 Å². The molecule has 1 aromatic rings. The predicted octanol–water partition coefficient (Wildman–Crippen LogP) is 2.73. The highest BCUT2D eigenvalue weighted by Crippen LogP contribution is 2.20. The van der Waals surface area contributed by atoms with Gasteiger partial charge in [0.1, 0.15) is 0 Å². The maximum atomic E-state index is 10.6. The lowest BCUT2D eigenvalue weighted by Gasteiger charge is -2.15. The lowest BCUT2D eigenvalue weighted by Crippen LogP contribution is -2.20. The number of hydrogen-bond acceptors (Lipinski definition) is 4. The van der Waals surface area contributed by atoms with E-state index in [2.05, 4.69) is 14.9 Å². The third-order valence-electron chi connectivity index (χ3n) is 3.33. The summed E-state index contributed by atoms with van der Waals surface area (Å²) >= 11 is 0. The van der Waals surface area contributed by atoms with Crippen molar-refractivity contribution < 1.29 is 4.92 Å². The topological polar surface area (TPSA) is 95.1 Å². The monoisotopic (exact) mass is 261 g/mol. The van der Waals surface area contributed by atoms with Crippen LogP contribution in [0.2, 0.25) is 0 Å². The Morgan fingerprint density at radius 3 is 2.84 bits per heavy atom. The van der Waals surface area contributed by atoms with Gasteiger partial charge in [0.2, 0.25) is 0 Å². The van der Waals surface area contributed by atoms with Crippen LogP contribution in [0.25, 0.3) is 10.4 Å². The average molecular weight is 261 g/mol. The molecule has 1 heterocycles. The smallest absolute Gasteiger partial charge is 0.269 e. The molecular weight excluding hydrogens is 246 g/mol. The second-order valence-corrected chi connectivity index (χ2v) is 4.73. The SMILES string of the molecule is [N-]=[N+]=NCC1CCN(Cc2ccc([N+](=O)[O-])cc2)C1. The van der Waals surface area contributed by atoms with E-state index >= 15 is 0 Å². The third kappa shape index (κ3) is 3.67. The molecule has 0 N–H and O–H groups in total. The molecule has 1 aromatic carbocycles. The van der Waals surface area contributed by atoms with Crippen LogP contribution in [0.5, 0.6) is 0 Å². The standard InChI is InChI=1S/C12H15N5O2/c13-15-14-7-11-5-6-16(9-11)8-10-1-3-12(4-2-10)17(18)19/h1-4,11H,5-9H2. The van der Waals surface area contributed by atoms with Gasteiger partial charge in [-0.05, 0) is 30.0 Å². The molecule has 1 aliphatic heterocycles. The Morgan fingerprint density at radius 2 is 2.21 bits per heavy atom. The molecule has 19 heavy (non-hydrogen) atoms. The Balaban J connectivity index is 1.88. The molecule has 0 aromatic heterocycles. The van der Waals surface area contributed by atoms with Crippen molar-refractivity contribution in [3.63, 3.8) is 0 Å². The van der Waals surface area contributed by atoms with E-state index in [9.17, 15) is 10.1 Å². The Kier molecular flexibility index (Phi) is 4.33. The van der Waals surface area contributed by atoms with Crippen molar-refractivity contribution in [2.24, 2.45) is 11.0 Å². The van der Waals surface area contributed by atoms with Gasteiger partial charge in [-0.25, -0.2) is 0 Å². The summed E-state index contributed by atoms with van der Waals surface area (Å²) in [4.78, 5) is 15.2. The van der Waals surface area contributed by atoms with Crippen molar-refractivity contribution in [2.45, 2.75) is 13.0 Å². The summed E-state index contributed by atoms with van der Waals surface area (Å²) < 4.78 is 0. The summed E-state index contributed by atoms with van der Waals surface area (Å²) in [5.41, 5.74) is 9.47. The Morgan fingerprint density at radius 1 is 1.47 bits per heavy atom. The summed E-state index contributed by atoms with van der Waals surface area (Å²) in [7, 11) is 0. The zero-order chi connectivity index (χ0) is 13.7. The van der Waals surface area contributed by atoms with E-state index in [0.29, 0.717) is 12.5 Å². The molecule has 0 saturated carbocycles. The molecule has 7 nitrogen and oxygen atoms in total. The van der Waals surface area contributed by atoms with Crippen LogP contribution in [0.4, 0.5) is 5.69 Å². The molecule has 1 atom stereocenters. The quantitative estimate of drug-likeness (QED) is 0.268. The molecule has 0 aliphatic carbocycles. The number of nitro groups is 1. The first-order valence-corrected chi connectivity index (χ1v) is 6.15. The van der Waals surface area contributed by atoms with E-state index < -0.39 is 4.92 Å². The fourth-order valence-corrected chi connectivity index (χ4v) is 2.34. The number of likely N-dealkylation sites (tertiary alicyclic amines) is 1. The Bertz CT molecular complexity index is 495. The first kappa shape index (κ1) is 13.3. The second kappa shape index (κ2) is 6.17. The van der Waals surface area contributed by atoms with E-state index in [-0.39, 0.29) is 5.69 Å². The normalized spacial score (nSPS) is 19.1. The number of hydrogen-bond donors (Lipinski definition) is 0. The summed E-state index contributed by atoms with van der Waals surface area (Å²) in [5, 5.41) is 14.2. The minimum Gasteiger partial charge on any atom is -0.299 e. The van der Waals surface area contributed by atoms with Crippen molar-refractivity contribution in [3.8, 4) is 0 Å². The van der Waals surface area contributed by atoms with Gasteiger partial charge in [0.25, 0.3) is 5.69 Å². The van der Waals surface area contributed by atoms with Gasteiger partial charge in [-0.2, -0.15) is 0 Å². The first-order valence-electron chi connectivity index (χ1n) is 6.15. The minimum atomic E-state index is -0.393. The van der Waals surface area contributed by atoms with Crippen molar-refractivity contribution in [3.05, 3.63) is 50.4 Å². The third-order valence-corrected chi connectivity index (χ3v) is 3.33. The maximum Gasteiger partial charge on any atom is 0.269 e. The van der Waals surface area contributed by atoms with Crippen LogP contribution in [0.3, 0.4) is 0 Å². The number of rotatable bonds is 5. The maximum absolute atomic E-state index is 10.6.